The van der Waals surface area contributed by atoms with Crippen molar-refractivity contribution in [1.29, 1.82) is 0 Å². The van der Waals surface area contributed by atoms with Crippen molar-refractivity contribution < 1.29 is 22.7 Å². The first-order chi connectivity index (χ1) is 10.4. The number of likely N-dealkylation sites (tertiary alicyclic amines) is 1. The molecule has 1 atom stereocenters. The molecule has 1 aliphatic rings. The van der Waals surface area contributed by atoms with E-state index < -0.39 is 6.36 Å². The van der Waals surface area contributed by atoms with Crippen molar-refractivity contribution in [2.75, 3.05) is 26.7 Å². The van der Waals surface area contributed by atoms with Gasteiger partial charge in [0.2, 0.25) is 5.91 Å². The summed E-state index contributed by atoms with van der Waals surface area (Å²) in [7, 11) is 1.88. The van der Waals surface area contributed by atoms with Crippen molar-refractivity contribution in [1.82, 2.24) is 10.2 Å². The Morgan fingerprint density at radius 2 is 2.00 bits per heavy atom. The van der Waals surface area contributed by atoms with Gasteiger partial charge in [-0.2, -0.15) is 0 Å². The molecule has 0 aromatic heterocycles. The molecule has 1 saturated heterocycles. The Morgan fingerprint density at radius 1 is 1.35 bits per heavy atom. The smallest absolute Gasteiger partial charge is 0.406 e. The average Bonchev–Trinajstić information content (AvgIpc) is 2.88. The van der Waals surface area contributed by atoms with E-state index >= 15 is 0 Å². The molecule has 0 aliphatic carbocycles. The maximum atomic E-state index is 12.2. The van der Waals surface area contributed by atoms with Crippen molar-refractivity contribution in [2.45, 2.75) is 19.2 Å². The number of rotatable bonds is 5. The van der Waals surface area contributed by atoms with Crippen LogP contribution in [0.4, 0.5) is 13.2 Å². The Balaban J connectivity index is 0.00000264. The number of hydrogen-bond acceptors (Lipinski definition) is 3. The zero-order valence-electron chi connectivity index (χ0n) is 12.7. The molecule has 0 radical (unpaired) electrons. The molecule has 4 nitrogen and oxygen atoms in total. The monoisotopic (exact) mass is 352 g/mol. The summed E-state index contributed by atoms with van der Waals surface area (Å²) in [5, 5.41) is 3.10. The fourth-order valence-electron chi connectivity index (χ4n) is 2.61. The molecule has 1 heterocycles. The number of nitrogens with zero attached hydrogens (tertiary/aromatic N) is 1. The number of carbonyl (C=O) groups is 1. The Bertz CT molecular complexity index is 508. The molecule has 8 heteroatoms. The van der Waals surface area contributed by atoms with E-state index in [-0.39, 0.29) is 30.5 Å². The average molecular weight is 353 g/mol. The number of halogens is 4. The molecule has 0 bridgehead atoms. The predicted molar refractivity (Wildman–Crippen MR) is 82.7 cm³/mol. The molecule has 1 aliphatic heterocycles. The maximum Gasteiger partial charge on any atom is 0.573 e. The lowest BCUT2D eigenvalue weighted by molar-refractivity contribution is -0.274. The van der Waals surface area contributed by atoms with Gasteiger partial charge in [-0.3, -0.25) is 4.79 Å². The summed E-state index contributed by atoms with van der Waals surface area (Å²) in [6.07, 6.45) is -3.53. The molecule has 1 unspecified atom stereocenters. The van der Waals surface area contributed by atoms with E-state index in [1.54, 1.807) is 0 Å². The number of hydrogen-bond donors (Lipinski definition) is 1. The SMILES string of the molecule is CNCC1CCN(C(=O)Cc2ccc(OC(F)(F)F)cc2)C1.Cl. The van der Waals surface area contributed by atoms with E-state index in [0.717, 1.165) is 26.1 Å². The molecule has 1 N–H and O–H groups in total. The van der Waals surface area contributed by atoms with E-state index in [1.165, 1.54) is 24.3 Å². The van der Waals surface area contributed by atoms with Gasteiger partial charge in [0.1, 0.15) is 5.75 Å². The van der Waals surface area contributed by atoms with Crippen LogP contribution in [0.5, 0.6) is 5.75 Å². The third-order valence-electron chi connectivity index (χ3n) is 3.64. The number of nitrogens with one attached hydrogen (secondary N) is 1. The molecule has 0 saturated carbocycles. The van der Waals surface area contributed by atoms with Crippen molar-refractivity contribution >= 4 is 18.3 Å². The molecule has 1 fully saturated rings. The van der Waals surface area contributed by atoms with Crippen LogP contribution in [0.3, 0.4) is 0 Å². The summed E-state index contributed by atoms with van der Waals surface area (Å²) in [5.41, 5.74) is 0.677. The van der Waals surface area contributed by atoms with Gasteiger partial charge in [0, 0.05) is 13.1 Å². The zero-order chi connectivity index (χ0) is 16.2. The molecule has 0 spiro atoms. The lowest BCUT2D eigenvalue weighted by Crippen LogP contribution is -2.31. The van der Waals surface area contributed by atoms with Gasteiger partial charge >= 0.3 is 6.36 Å². The fraction of sp³-hybridized carbons (Fsp3) is 0.533. The first-order valence-corrected chi connectivity index (χ1v) is 7.14. The second-order valence-electron chi connectivity index (χ2n) is 5.42. The van der Waals surface area contributed by atoms with Crippen molar-refractivity contribution in [3.63, 3.8) is 0 Å². The van der Waals surface area contributed by atoms with Gasteiger partial charge < -0.3 is 15.0 Å². The molecule has 23 heavy (non-hydrogen) atoms. The minimum Gasteiger partial charge on any atom is -0.406 e. The van der Waals surface area contributed by atoms with Crippen LogP contribution < -0.4 is 10.1 Å². The summed E-state index contributed by atoms with van der Waals surface area (Å²) in [4.78, 5) is 14.0. The molecule has 130 valence electrons. The first-order valence-electron chi connectivity index (χ1n) is 7.14. The lowest BCUT2D eigenvalue weighted by Gasteiger charge is -2.17. The zero-order valence-corrected chi connectivity index (χ0v) is 13.5. The van der Waals surface area contributed by atoms with Crippen LogP contribution in [0.1, 0.15) is 12.0 Å². The number of carbonyl (C=O) groups excluding carboxylic acids is 1. The van der Waals surface area contributed by atoms with Crippen LogP contribution in [-0.4, -0.2) is 43.9 Å². The van der Waals surface area contributed by atoms with Crippen molar-refractivity contribution in [2.24, 2.45) is 5.92 Å². The van der Waals surface area contributed by atoms with Crippen molar-refractivity contribution in [3.8, 4) is 5.75 Å². The van der Waals surface area contributed by atoms with Gasteiger partial charge in [0.25, 0.3) is 0 Å². The van der Waals surface area contributed by atoms with Gasteiger partial charge in [-0.25, -0.2) is 0 Å². The Labute approximate surface area is 139 Å². The Kier molecular flexibility index (Phi) is 7.15. The molecular formula is C15H20ClF3N2O2. The summed E-state index contributed by atoms with van der Waals surface area (Å²) in [5.74, 6) is 0.193. The maximum absolute atomic E-state index is 12.2. The number of alkyl halides is 3. The second-order valence-corrected chi connectivity index (χ2v) is 5.42. The van der Waals surface area contributed by atoms with E-state index in [9.17, 15) is 18.0 Å². The van der Waals surface area contributed by atoms with Gasteiger partial charge in [-0.05, 0) is 43.6 Å². The molecule has 2 rings (SSSR count). The number of amides is 1. The van der Waals surface area contributed by atoms with Crippen molar-refractivity contribution in [3.05, 3.63) is 29.8 Å². The van der Waals surface area contributed by atoms with Gasteiger partial charge in [-0.1, -0.05) is 12.1 Å². The van der Waals surface area contributed by atoms with E-state index in [0.29, 0.717) is 11.5 Å². The van der Waals surface area contributed by atoms with Gasteiger partial charge in [-0.15, -0.1) is 25.6 Å². The molecule has 1 aromatic carbocycles. The largest absolute Gasteiger partial charge is 0.573 e. The third kappa shape index (κ3) is 6.27. The Morgan fingerprint density at radius 3 is 2.57 bits per heavy atom. The van der Waals surface area contributed by atoms with Crippen LogP contribution in [-0.2, 0) is 11.2 Å². The van der Waals surface area contributed by atoms with Crippen LogP contribution in [0.2, 0.25) is 0 Å². The molecular weight excluding hydrogens is 333 g/mol. The van der Waals surface area contributed by atoms with E-state index in [1.807, 2.05) is 11.9 Å². The second kappa shape index (κ2) is 8.40. The normalized spacial score (nSPS) is 17.7. The van der Waals surface area contributed by atoms with E-state index in [4.69, 9.17) is 0 Å². The highest BCUT2D eigenvalue weighted by atomic mass is 35.5. The first kappa shape index (κ1) is 19.6. The molecule has 1 aromatic rings. The highest BCUT2D eigenvalue weighted by Gasteiger charge is 2.31. The summed E-state index contributed by atoms with van der Waals surface area (Å²) in [6.45, 7) is 2.35. The topological polar surface area (TPSA) is 41.6 Å². The minimum atomic E-state index is -4.70. The third-order valence-corrected chi connectivity index (χ3v) is 3.64. The molecule has 1 amide bonds. The van der Waals surface area contributed by atoms with Crippen LogP contribution in [0.15, 0.2) is 24.3 Å². The highest BCUT2D eigenvalue weighted by Crippen LogP contribution is 2.23. The standard InChI is InChI=1S/C15H19F3N2O2.ClH/c1-19-9-12-6-7-20(10-12)14(21)8-11-2-4-13(5-3-11)22-15(16,17)18;/h2-5,12,19H,6-10H2,1H3;1H. The highest BCUT2D eigenvalue weighted by molar-refractivity contribution is 5.85. The Hall–Kier alpha value is -1.47. The van der Waals surface area contributed by atoms with Crippen LogP contribution >= 0.6 is 12.4 Å². The summed E-state index contributed by atoms with van der Waals surface area (Å²) >= 11 is 0. The summed E-state index contributed by atoms with van der Waals surface area (Å²) < 4.78 is 40.0. The van der Waals surface area contributed by atoms with Gasteiger partial charge in [0.15, 0.2) is 0 Å². The van der Waals surface area contributed by atoms with E-state index in [2.05, 4.69) is 10.1 Å². The number of benzene rings is 1. The predicted octanol–water partition coefficient (Wildman–Crippen LogP) is 2.62. The summed E-state index contributed by atoms with van der Waals surface area (Å²) in [6, 6.07) is 5.42. The fourth-order valence-corrected chi connectivity index (χ4v) is 2.61. The minimum absolute atomic E-state index is 0. The lowest BCUT2D eigenvalue weighted by atomic mass is 10.1. The van der Waals surface area contributed by atoms with Gasteiger partial charge in [0.05, 0.1) is 6.42 Å². The van der Waals surface area contributed by atoms with Crippen LogP contribution in [0.25, 0.3) is 0 Å². The number of ether oxygens (including phenoxy) is 1. The quantitative estimate of drug-likeness (QED) is 0.885. The van der Waals surface area contributed by atoms with Crippen LogP contribution in [0, 0.1) is 5.92 Å².